The van der Waals surface area contributed by atoms with Crippen LogP contribution in [0.2, 0.25) is 0 Å². The Morgan fingerprint density at radius 2 is 1.52 bits per heavy atom. The molecule has 3 aromatic rings. The summed E-state index contributed by atoms with van der Waals surface area (Å²) in [5.74, 6) is -0.412. The number of halogens is 2. The number of hydrogen-bond donors (Lipinski definition) is 0. The molecule has 0 unspecified atom stereocenters. The number of carbonyl (C=O) groups excluding carboxylic acids is 1. The molecule has 128 valence electrons. The minimum atomic E-state index is -0.360. The third kappa shape index (κ3) is 3.60. The van der Waals surface area contributed by atoms with Crippen molar-refractivity contribution >= 4 is 5.78 Å². The number of rotatable bonds is 5. The van der Waals surface area contributed by atoms with Crippen LogP contribution in [0.1, 0.15) is 21.7 Å². The van der Waals surface area contributed by atoms with Crippen molar-refractivity contribution in [1.29, 1.82) is 0 Å². The van der Waals surface area contributed by atoms with Crippen molar-refractivity contribution < 1.29 is 18.3 Å². The Kier molecular flexibility index (Phi) is 4.65. The van der Waals surface area contributed by atoms with Crippen LogP contribution in [0.15, 0.2) is 54.6 Å². The first-order valence-corrected chi connectivity index (χ1v) is 7.82. The van der Waals surface area contributed by atoms with Crippen LogP contribution >= 0.6 is 0 Å². The summed E-state index contributed by atoms with van der Waals surface area (Å²) >= 11 is 0. The molecule has 0 saturated carbocycles. The minimum Gasteiger partial charge on any atom is -0.485 e. The number of aromatic nitrogens is 1. The Hall–Kier alpha value is -2.95. The van der Waals surface area contributed by atoms with Gasteiger partial charge in [-0.2, -0.15) is 0 Å². The number of hydrogen-bond acceptors (Lipinski definition) is 2. The minimum absolute atomic E-state index is 0.140. The number of carbonyl (C=O) groups is 1. The first-order valence-electron chi connectivity index (χ1n) is 7.82. The van der Waals surface area contributed by atoms with E-state index < -0.39 is 0 Å². The summed E-state index contributed by atoms with van der Waals surface area (Å²) in [7, 11) is 0. The molecular weight excluding hydrogens is 324 g/mol. The molecule has 5 heteroatoms. The number of benzene rings is 2. The van der Waals surface area contributed by atoms with E-state index in [4.69, 9.17) is 4.74 Å². The van der Waals surface area contributed by atoms with Gasteiger partial charge in [0, 0.05) is 22.6 Å². The van der Waals surface area contributed by atoms with Crippen LogP contribution in [-0.2, 0) is 0 Å². The van der Waals surface area contributed by atoms with Gasteiger partial charge >= 0.3 is 0 Å². The van der Waals surface area contributed by atoms with E-state index in [-0.39, 0.29) is 24.0 Å². The van der Waals surface area contributed by atoms with Gasteiger partial charge in [0.25, 0.3) is 0 Å². The molecule has 0 radical (unpaired) electrons. The first-order chi connectivity index (χ1) is 12.0. The summed E-state index contributed by atoms with van der Waals surface area (Å²) in [5, 5.41) is 0. The molecule has 0 aliphatic rings. The zero-order chi connectivity index (χ0) is 18.0. The Morgan fingerprint density at radius 3 is 2.12 bits per heavy atom. The van der Waals surface area contributed by atoms with Crippen LogP contribution < -0.4 is 4.74 Å². The SMILES string of the molecule is Cc1cc(C(=O)COc2ccc(F)cc2)c(C)n1-c1ccc(F)cc1. The van der Waals surface area contributed by atoms with Crippen LogP contribution in [0.5, 0.6) is 5.75 Å². The number of ether oxygens (including phenoxy) is 1. The molecule has 0 bridgehead atoms. The fourth-order valence-corrected chi connectivity index (χ4v) is 2.79. The quantitative estimate of drug-likeness (QED) is 0.633. The second-order valence-electron chi connectivity index (χ2n) is 5.76. The Morgan fingerprint density at radius 1 is 0.960 bits per heavy atom. The van der Waals surface area contributed by atoms with Gasteiger partial charge in [-0.3, -0.25) is 4.79 Å². The van der Waals surface area contributed by atoms with Gasteiger partial charge in [0.15, 0.2) is 6.61 Å². The maximum Gasteiger partial charge on any atom is 0.202 e. The van der Waals surface area contributed by atoms with Gasteiger partial charge < -0.3 is 9.30 Å². The summed E-state index contributed by atoms with van der Waals surface area (Å²) < 4.78 is 33.3. The van der Waals surface area contributed by atoms with Crippen molar-refractivity contribution in [3.8, 4) is 11.4 Å². The van der Waals surface area contributed by atoms with Crippen LogP contribution in [0.25, 0.3) is 5.69 Å². The highest BCUT2D eigenvalue weighted by atomic mass is 19.1. The van der Waals surface area contributed by atoms with Crippen molar-refractivity contribution in [3.05, 3.63) is 83.2 Å². The summed E-state index contributed by atoms with van der Waals surface area (Å²) in [6.07, 6.45) is 0. The van der Waals surface area contributed by atoms with Gasteiger partial charge in [-0.15, -0.1) is 0 Å². The number of aryl methyl sites for hydroxylation is 1. The lowest BCUT2D eigenvalue weighted by Gasteiger charge is -2.10. The highest BCUT2D eigenvalue weighted by Crippen LogP contribution is 2.22. The molecular formula is C20H17F2NO2. The predicted octanol–water partition coefficient (Wildman–Crippen LogP) is 4.63. The zero-order valence-corrected chi connectivity index (χ0v) is 13.9. The van der Waals surface area contributed by atoms with Crippen molar-refractivity contribution in [3.63, 3.8) is 0 Å². The third-order valence-electron chi connectivity index (χ3n) is 4.00. The van der Waals surface area contributed by atoms with Gasteiger partial charge in [0.05, 0.1) is 0 Å². The molecule has 0 aliphatic carbocycles. The zero-order valence-electron chi connectivity index (χ0n) is 13.9. The molecule has 25 heavy (non-hydrogen) atoms. The highest BCUT2D eigenvalue weighted by molar-refractivity contribution is 5.98. The van der Waals surface area contributed by atoms with Crippen LogP contribution in [0, 0.1) is 25.5 Å². The molecule has 2 aromatic carbocycles. The molecule has 0 spiro atoms. The average Bonchev–Trinajstić information content (AvgIpc) is 2.90. The Bertz CT molecular complexity index is 897. The number of Topliss-reactive ketones (excluding diaryl/α,β-unsaturated/α-hetero) is 1. The van der Waals surface area contributed by atoms with E-state index >= 15 is 0 Å². The van der Waals surface area contributed by atoms with Crippen molar-refractivity contribution in [2.45, 2.75) is 13.8 Å². The number of nitrogens with zero attached hydrogens (tertiary/aromatic N) is 1. The molecule has 0 atom stereocenters. The third-order valence-corrected chi connectivity index (χ3v) is 4.00. The summed E-state index contributed by atoms with van der Waals surface area (Å²) in [6, 6.07) is 13.4. The fraction of sp³-hybridized carbons (Fsp3) is 0.150. The molecule has 1 heterocycles. The maximum atomic E-state index is 13.1. The van der Waals surface area contributed by atoms with E-state index in [2.05, 4.69) is 0 Å². The van der Waals surface area contributed by atoms with Crippen molar-refractivity contribution in [2.24, 2.45) is 0 Å². The van der Waals surface area contributed by atoms with Crippen molar-refractivity contribution in [2.75, 3.05) is 6.61 Å². The topological polar surface area (TPSA) is 31.2 Å². The lowest BCUT2D eigenvalue weighted by Crippen LogP contribution is -2.12. The van der Waals surface area contributed by atoms with E-state index in [1.807, 2.05) is 18.4 Å². The molecule has 3 nitrogen and oxygen atoms in total. The van der Waals surface area contributed by atoms with Crippen molar-refractivity contribution in [1.82, 2.24) is 4.57 Å². The number of ketones is 1. The van der Waals surface area contributed by atoms with Gasteiger partial charge in [-0.05, 0) is 68.4 Å². The van der Waals surface area contributed by atoms with Gasteiger partial charge in [0.1, 0.15) is 17.4 Å². The average molecular weight is 341 g/mol. The smallest absolute Gasteiger partial charge is 0.202 e. The maximum absolute atomic E-state index is 13.1. The van der Waals surface area contributed by atoms with Gasteiger partial charge in [-0.25, -0.2) is 8.78 Å². The molecule has 0 aliphatic heterocycles. The normalized spacial score (nSPS) is 10.7. The molecule has 0 saturated heterocycles. The van der Waals surface area contributed by atoms with Gasteiger partial charge in [0.2, 0.25) is 5.78 Å². The van der Waals surface area contributed by atoms with E-state index in [0.717, 1.165) is 17.1 Å². The van der Waals surface area contributed by atoms with E-state index in [9.17, 15) is 13.6 Å². The standard InChI is InChI=1S/C20H17F2NO2/c1-13-11-19(14(2)23(13)17-7-3-15(21)4-8-17)20(24)12-25-18-9-5-16(22)6-10-18/h3-11H,12H2,1-2H3. The molecule has 0 N–H and O–H groups in total. The molecule has 0 fully saturated rings. The second-order valence-corrected chi connectivity index (χ2v) is 5.76. The van der Waals surface area contributed by atoms with E-state index in [1.165, 1.54) is 36.4 Å². The first kappa shape index (κ1) is 16.9. The summed E-state index contributed by atoms with van der Waals surface area (Å²) in [4.78, 5) is 12.5. The molecule has 0 amide bonds. The Labute approximate surface area is 144 Å². The second kappa shape index (κ2) is 6.89. The highest BCUT2D eigenvalue weighted by Gasteiger charge is 2.17. The fourth-order valence-electron chi connectivity index (χ4n) is 2.79. The van der Waals surface area contributed by atoms with Crippen LogP contribution in [0.4, 0.5) is 8.78 Å². The molecule has 3 rings (SSSR count). The Balaban J connectivity index is 1.80. The van der Waals surface area contributed by atoms with E-state index in [1.54, 1.807) is 18.2 Å². The van der Waals surface area contributed by atoms with Gasteiger partial charge in [-0.1, -0.05) is 0 Å². The summed E-state index contributed by atoms with van der Waals surface area (Å²) in [6.45, 7) is 3.58. The lowest BCUT2D eigenvalue weighted by molar-refractivity contribution is 0.0921. The monoisotopic (exact) mass is 341 g/mol. The summed E-state index contributed by atoms with van der Waals surface area (Å²) in [5.41, 5.74) is 2.96. The van der Waals surface area contributed by atoms with Crippen LogP contribution in [0.3, 0.4) is 0 Å². The van der Waals surface area contributed by atoms with E-state index in [0.29, 0.717) is 11.3 Å². The predicted molar refractivity (Wildman–Crippen MR) is 91.4 cm³/mol. The lowest BCUT2D eigenvalue weighted by atomic mass is 10.1. The van der Waals surface area contributed by atoms with Crippen LogP contribution in [-0.4, -0.2) is 17.0 Å². The largest absolute Gasteiger partial charge is 0.485 e. The molecule has 1 aromatic heterocycles.